The van der Waals surface area contributed by atoms with Crippen LogP contribution >= 0.6 is 11.6 Å². The molecule has 3 N–H and O–H groups in total. The third-order valence-corrected chi connectivity index (χ3v) is 4.09. The first-order valence-electron chi connectivity index (χ1n) is 6.01. The summed E-state index contributed by atoms with van der Waals surface area (Å²) in [6.45, 7) is 1.60. The van der Waals surface area contributed by atoms with Crippen LogP contribution in [0, 0.1) is 0 Å². The van der Waals surface area contributed by atoms with Crippen molar-refractivity contribution in [3.8, 4) is 0 Å². The Hall–Kier alpha value is -1.26. The summed E-state index contributed by atoms with van der Waals surface area (Å²) in [6.07, 6.45) is 0.672. The highest BCUT2D eigenvalue weighted by Gasteiger charge is 2.36. The van der Waals surface area contributed by atoms with E-state index in [9.17, 15) is 4.79 Å². The van der Waals surface area contributed by atoms with E-state index in [2.05, 4.69) is 0 Å². The molecule has 0 aromatic heterocycles. The van der Waals surface area contributed by atoms with Gasteiger partial charge in [-0.15, -0.1) is 0 Å². The van der Waals surface area contributed by atoms with Crippen molar-refractivity contribution in [1.82, 2.24) is 4.90 Å². The lowest BCUT2D eigenvalue weighted by Crippen LogP contribution is -2.48. The number of hydrogen-bond acceptors (Lipinski definition) is 2. The van der Waals surface area contributed by atoms with Gasteiger partial charge in [0.15, 0.2) is 0 Å². The number of carbonyl (C=O) groups is 1. The minimum absolute atomic E-state index is 0.115. The van der Waals surface area contributed by atoms with E-state index in [1.54, 1.807) is 0 Å². The highest BCUT2D eigenvalue weighted by molar-refractivity contribution is 6.30. The molecule has 1 saturated heterocycles. The molecule has 4 nitrogen and oxygen atoms in total. The van der Waals surface area contributed by atoms with E-state index < -0.39 is 6.09 Å². The normalized spacial score (nSPS) is 18.7. The van der Waals surface area contributed by atoms with Gasteiger partial charge in [0.25, 0.3) is 0 Å². The van der Waals surface area contributed by atoms with Gasteiger partial charge in [0.05, 0.1) is 0 Å². The molecule has 2 rings (SSSR count). The van der Waals surface area contributed by atoms with Crippen molar-refractivity contribution in [2.45, 2.75) is 18.3 Å². The van der Waals surface area contributed by atoms with Crippen LogP contribution in [0.5, 0.6) is 0 Å². The molecule has 0 spiro atoms. The molecule has 0 bridgehead atoms. The lowest BCUT2D eigenvalue weighted by molar-refractivity contribution is 0.117. The average molecular weight is 269 g/mol. The SMILES string of the molecule is NCC1(c2ccc(Cl)cc2)CCN(C(=O)O)CC1. The Bertz CT molecular complexity index is 425. The Morgan fingerprint density at radius 1 is 1.33 bits per heavy atom. The minimum Gasteiger partial charge on any atom is -0.465 e. The van der Waals surface area contributed by atoms with Crippen molar-refractivity contribution in [2.75, 3.05) is 19.6 Å². The van der Waals surface area contributed by atoms with E-state index in [0.717, 1.165) is 18.4 Å². The summed E-state index contributed by atoms with van der Waals surface area (Å²) in [7, 11) is 0. The topological polar surface area (TPSA) is 66.6 Å². The summed E-state index contributed by atoms with van der Waals surface area (Å²) in [5, 5.41) is 9.67. The second-order valence-corrected chi connectivity index (χ2v) is 5.20. The number of halogens is 1. The van der Waals surface area contributed by atoms with Crippen LogP contribution in [0.2, 0.25) is 5.02 Å². The van der Waals surface area contributed by atoms with Crippen LogP contribution < -0.4 is 5.73 Å². The zero-order chi connectivity index (χ0) is 13.2. The molecule has 1 fully saturated rings. The maximum atomic E-state index is 10.9. The molecule has 0 unspecified atom stereocenters. The number of nitrogens with zero attached hydrogens (tertiary/aromatic N) is 1. The molecule has 5 heteroatoms. The monoisotopic (exact) mass is 268 g/mol. The number of amides is 1. The molecule has 98 valence electrons. The molecule has 0 aliphatic carbocycles. The van der Waals surface area contributed by atoms with Crippen LogP contribution in [0.1, 0.15) is 18.4 Å². The van der Waals surface area contributed by atoms with E-state index in [0.29, 0.717) is 24.7 Å². The fourth-order valence-electron chi connectivity index (χ4n) is 2.54. The number of carboxylic acid groups (broad SMARTS) is 1. The largest absolute Gasteiger partial charge is 0.465 e. The smallest absolute Gasteiger partial charge is 0.407 e. The highest BCUT2D eigenvalue weighted by atomic mass is 35.5. The molecule has 0 saturated carbocycles. The standard InChI is InChI=1S/C13H17ClN2O2/c14-11-3-1-10(2-4-11)13(9-15)5-7-16(8-6-13)12(17)18/h1-4H,5-9,15H2,(H,17,18). The van der Waals surface area contributed by atoms with Gasteiger partial charge in [-0.05, 0) is 30.5 Å². The summed E-state index contributed by atoms with van der Waals surface area (Å²) < 4.78 is 0. The lowest BCUT2D eigenvalue weighted by Gasteiger charge is -2.40. The number of benzene rings is 1. The highest BCUT2D eigenvalue weighted by Crippen LogP contribution is 2.35. The first-order chi connectivity index (χ1) is 8.57. The van der Waals surface area contributed by atoms with E-state index in [-0.39, 0.29) is 5.41 Å². The summed E-state index contributed by atoms with van der Waals surface area (Å²) in [5.74, 6) is 0. The number of piperidine rings is 1. The van der Waals surface area contributed by atoms with E-state index in [1.165, 1.54) is 4.90 Å². The molecular weight excluding hydrogens is 252 g/mol. The molecule has 1 heterocycles. The summed E-state index contributed by atoms with van der Waals surface area (Å²) in [4.78, 5) is 12.4. The van der Waals surface area contributed by atoms with Gasteiger partial charge in [-0.2, -0.15) is 0 Å². The Morgan fingerprint density at radius 2 is 1.89 bits per heavy atom. The third kappa shape index (κ3) is 2.44. The van der Waals surface area contributed by atoms with Crippen molar-refractivity contribution in [3.05, 3.63) is 34.9 Å². The number of rotatable bonds is 2. The third-order valence-electron chi connectivity index (χ3n) is 3.84. The van der Waals surface area contributed by atoms with Gasteiger partial charge in [0.2, 0.25) is 0 Å². The second kappa shape index (κ2) is 5.16. The Labute approximate surface area is 111 Å². The molecule has 0 radical (unpaired) electrons. The van der Waals surface area contributed by atoms with E-state index in [1.807, 2.05) is 24.3 Å². The maximum absolute atomic E-state index is 10.9. The van der Waals surface area contributed by atoms with Crippen LogP contribution in [0.25, 0.3) is 0 Å². The van der Waals surface area contributed by atoms with Gasteiger partial charge in [-0.3, -0.25) is 0 Å². The van der Waals surface area contributed by atoms with E-state index >= 15 is 0 Å². The fourth-order valence-corrected chi connectivity index (χ4v) is 2.67. The molecule has 1 aromatic rings. The van der Waals surface area contributed by atoms with Gasteiger partial charge in [-0.25, -0.2) is 4.79 Å². The Morgan fingerprint density at radius 3 is 2.33 bits per heavy atom. The van der Waals surface area contributed by atoms with Crippen molar-refractivity contribution in [2.24, 2.45) is 5.73 Å². The average Bonchev–Trinajstić information content (AvgIpc) is 2.39. The molecule has 0 atom stereocenters. The molecule has 1 aromatic carbocycles. The minimum atomic E-state index is -0.850. The van der Waals surface area contributed by atoms with Gasteiger partial charge in [-0.1, -0.05) is 23.7 Å². The van der Waals surface area contributed by atoms with Crippen LogP contribution in [0.4, 0.5) is 4.79 Å². The van der Waals surface area contributed by atoms with Crippen LogP contribution in [-0.2, 0) is 5.41 Å². The summed E-state index contributed by atoms with van der Waals surface area (Å²) in [5.41, 5.74) is 6.97. The maximum Gasteiger partial charge on any atom is 0.407 e. The fraction of sp³-hybridized carbons (Fsp3) is 0.462. The van der Waals surface area contributed by atoms with Gasteiger partial charge < -0.3 is 15.7 Å². The predicted octanol–water partition coefficient (Wildman–Crippen LogP) is 2.31. The first kappa shape index (κ1) is 13.2. The predicted molar refractivity (Wildman–Crippen MR) is 71.0 cm³/mol. The van der Waals surface area contributed by atoms with Crippen LogP contribution in [-0.4, -0.2) is 35.7 Å². The lowest BCUT2D eigenvalue weighted by atomic mass is 9.73. The van der Waals surface area contributed by atoms with Crippen LogP contribution in [0.15, 0.2) is 24.3 Å². The zero-order valence-electron chi connectivity index (χ0n) is 10.1. The van der Waals surface area contributed by atoms with Crippen molar-refractivity contribution >= 4 is 17.7 Å². The molecule has 1 amide bonds. The van der Waals surface area contributed by atoms with Gasteiger partial charge in [0.1, 0.15) is 0 Å². The zero-order valence-corrected chi connectivity index (χ0v) is 10.9. The quantitative estimate of drug-likeness (QED) is 0.865. The summed E-state index contributed by atoms with van der Waals surface area (Å²) in [6, 6.07) is 7.70. The first-order valence-corrected chi connectivity index (χ1v) is 6.39. The van der Waals surface area contributed by atoms with Crippen molar-refractivity contribution in [3.63, 3.8) is 0 Å². The molecular formula is C13H17ClN2O2. The second-order valence-electron chi connectivity index (χ2n) is 4.76. The number of nitrogens with two attached hydrogens (primary N) is 1. The van der Waals surface area contributed by atoms with Crippen LogP contribution in [0.3, 0.4) is 0 Å². The molecule has 18 heavy (non-hydrogen) atoms. The number of hydrogen-bond donors (Lipinski definition) is 2. The van der Waals surface area contributed by atoms with Gasteiger partial charge >= 0.3 is 6.09 Å². The Balaban J connectivity index is 2.18. The summed E-state index contributed by atoms with van der Waals surface area (Å²) >= 11 is 5.89. The van der Waals surface area contributed by atoms with Crippen molar-refractivity contribution < 1.29 is 9.90 Å². The van der Waals surface area contributed by atoms with E-state index in [4.69, 9.17) is 22.4 Å². The Kier molecular flexibility index (Phi) is 3.78. The number of likely N-dealkylation sites (tertiary alicyclic amines) is 1. The molecule has 1 aliphatic rings. The van der Waals surface area contributed by atoms with Gasteiger partial charge in [0, 0.05) is 30.1 Å². The van der Waals surface area contributed by atoms with Crippen molar-refractivity contribution in [1.29, 1.82) is 0 Å². The molecule has 1 aliphatic heterocycles.